The fourth-order valence-corrected chi connectivity index (χ4v) is 2.19. The summed E-state index contributed by atoms with van der Waals surface area (Å²) < 4.78 is 0. The highest BCUT2D eigenvalue weighted by atomic mass is 16.2. The van der Waals surface area contributed by atoms with Gasteiger partial charge in [0.25, 0.3) is 5.91 Å². The number of benzene rings is 2. The average Bonchev–Trinajstić information content (AvgIpc) is 3.36. The molecule has 0 bridgehead atoms. The predicted molar refractivity (Wildman–Crippen MR) is 81.2 cm³/mol. The van der Waals surface area contributed by atoms with E-state index >= 15 is 0 Å². The molecule has 0 aromatic heterocycles. The zero-order chi connectivity index (χ0) is 15.5. The van der Waals surface area contributed by atoms with Gasteiger partial charge in [-0.1, -0.05) is 36.4 Å². The van der Waals surface area contributed by atoms with Crippen molar-refractivity contribution in [1.82, 2.24) is 4.90 Å². The number of imide groups is 1. The van der Waals surface area contributed by atoms with Crippen molar-refractivity contribution >= 4 is 17.6 Å². The summed E-state index contributed by atoms with van der Waals surface area (Å²) in [7, 11) is 0. The first-order valence-electron chi connectivity index (χ1n) is 6.87. The van der Waals surface area contributed by atoms with Gasteiger partial charge in [-0.25, -0.2) is 9.69 Å². The summed E-state index contributed by atoms with van der Waals surface area (Å²) in [5.41, 5.74) is 0.917. The molecule has 1 unspecified atom stereocenters. The molecule has 0 saturated carbocycles. The van der Waals surface area contributed by atoms with Crippen LogP contribution in [0.5, 0.6) is 0 Å². The Bertz CT molecular complexity index is 738. The van der Waals surface area contributed by atoms with Gasteiger partial charge < -0.3 is 4.90 Å². The lowest BCUT2D eigenvalue weighted by Crippen LogP contribution is -2.40. The van der Waals surface area contributed by atoms with E-state index in [1.165, 1.54) is 4.90 Å². The molecule has 1 heterocycles. The minimum atomic E-state index is -0.466. The van der Waals surface area contributed by atoms with E-state index in [2.05, 4.69) is 0 Å². The maximum Gasteiger partial charge on any atom is 0.332 e. The fourth-order valence-electron chi connectivity index (χ4n) is 2.19. The van der Waals surface area contributed by atoms with E-state index in [0.29, 0.717) is 17.8 Å². The van der Waals surface area contributed by atoms with E-state index in [-0.39, 0.29) is 0 Å². The van der Waals surface area contributed by atoms with Crippen molar-refractivity contribution in [3.8, 4) is 6.07 Å². The molecule has 5 nitrogen and oxygen atoms in total. The second kappa shape index (κ2) is 5.70. The Morgan fingerprint density at radius 2 is 1.64 bits per heavy atom. The van der Waals surface area contributed by atoms with Gasteiger partial charge in [0.05, 0.1) is 18.3 Å². The number of amides is 3. The van der Waals surface area contributed by atoms with Crippen LogP contribution in [-0.2, 0) is 0 Å². The Labute approximate surface area is 128 Å². The molecule has 2 aromatic carbocycles. The third-order valence-electron chi connectivity index (χ3n) is 3.44. The molecule has 3 rings (SSSR count). The molecule has 5 heteroatoms. The molecular weight excluding hydrogens is 278 g/mol. The van der Waals surface area contributed by atoms with Crippen molar-refractivity contribution in [3.63, 3.8) is 0 Å². The van der Waals surface area contributed by atoms with Crippen LogP contribution in [0, 0.1) is 11.3 Å². The molecule has 1 saturated heterocycles. The number of carbonyl (C=O) groups excluding carboxylic acids is 2. The first-order chi connectivity index (χ1) is 10.7. The summed E-state index contributed by atoms with van der Waals surface area (Å²) in [5.74, 6) is -0.402. The molecular formula is C17H13N3O2. The van der Waals surface area contributed by atoms with Crippen LogP contribution in [0.3, 0.4) is 0 Å². The summed E-state index contributed by atoms with van der Waals surface area (Å²) in [5, 5.41) is 8.89. The molecule has 1 atom stereocenters. The summed E-state index contributed by atoms with van der Waals surface area (Å²) in [6, 6.07) is 18.5. The van der Waals surface area contributed by atoms with Gasteiger partial charge in [-0.15, -0.1) is 0 Å². The highest BCUT2D eigenvalue weighted by molar-refractivity contribution is 6.21. The number of hydrogen-bond donors (Lipinski definition) is 0. The van der Waals surface area contributed by atoms with Gasteiger partial charge in [-0.05, 0) is 24.3 Å². The zero-order valence-electron chi connectivity index (χ0n) is 11.7. The standard InChI is InChI=1S/C17H13N3O2/c18-11-15-12-19(15)17(22)20(14-9-5-2-6-10-14)16(21)13-7-3-1-4-8-13/h1-10,15H,12H2. The molecule has 0 aliphatic carbocycles. The lowest BCUT2D eigenvalue weighted by Gasteiger charge is -2.21. The minimum Gasteiger partial charge on any atom is -0.303 e. The number of hydrogen-bond acceptors (Lipinski definition) is 3. The van der Waals surface area contributed by atoms with Crippen LogP contribution in [0.2, 0.25) is 0 Å². The van der Waals surface area contributed by atoms with Gasteiger partial charge in [0, 0.05) is 5.56 Å². The summed E-state index contributed by atoms with van der Waals surface area (Å²) >= 11 is 0. The Morgan fingerprint density at radius 1 is 1.05 bits per heavy atom. The number of anilines is 1. The number of nitrogens with zero attached hydrogens (tertiary/aromatic N) is 3. The van der Waals surface area contributed by atoms with Crippen LogP contribution in [-0.4, -0.2) is 29.4 Å². The predicted octanol–water partition coefficient (Wildman–Crippen LogP) is 2.66. The van der Waals surface area contributed by atoms with Crippen LogP contribution in [0.4, 0.5) is 10.5 Å². The Kier molecular flexibility index (Phi) is 3.58. The Morgan fingerprint density at radius 3 is 2.18 bits per heavy atom. The maximum atomic E-state index is 12.7. The SMILES string of the molecule is N#CC1CN1C(=O)N(C(=O)c1ccccc1)c1ccccc1. The van der Waals surface area contributed by atoms with Crippen LogP contribution < -0.4 is 4.90 Å². The largest absolute Gasteiger partial charge is 0.332 e. The van der Waals surface area contributed by atoms with Crippen molar-refractivity contribution in [1.29, 1.82) is 5.26 Å². The Balaban J connectivity index is 1.96. The average molecular weight is 291 g/mol. The maximum absolute atomic E-state index is 12.7. The molecule has 1 aliphatic rings. The summed E-state index contributed by atoms with van der Waals surface area (Å²) in [4.78, 5) is 27.8. The number of nitriles is 1. The number of urea groups is 1. The lowest BCUT2D eigenvalue weighted by molar-refractivity contribution is 0.0991. The normalized spacial score (nSPS) is 15.8. The van der Waals surface area contributed by atoms with Gasteiger partial charge in [-0.2, -0.15) is 5.26 Å². The second-order valence-electron chi connectivity index (χ2n) is 4.92. The van der Waals surface area contributed by atoms with Gasteiger partial charge >= 0.3 is 6.03 Å². The van der Waals surface area contributed by atoms with E-state index in [9.17, 15) is 9.59 Å². The highest BCUT2D eigenvalue weighted by Gasteiger charge is 2.43. The first-order valence-corrected chi connectivity index (χ1v) is 6.87. The molecule has 22 heavy (non-hydrogen) atoms. The molecule has 108 valence electrons. The quantitative estimate of drug-likeness (QED) is 0.799. The smallest absolute Gasteiger partial charge is 0.303 e. The topological polar surface area (TPSA) is 64.2 Å². The number of carbonyl (C=O) groups is 2. The van der Waals surface area contributed by atoms with E-state index < -0.39 is 18.0 Å². The van der Waals surface area contributed by atoms with Gasteiger partial charge in [0.2, 0.25) is 0 Å². The van der Waals surface area contributed by atoms with Gasteiger partial charge in [0.15, 0.2) is 0 Å². The third-order valence-corrected chi connectivity index (χ3v) is 3.44. The molecule has 0 spiro atoms. The third kappa shape index (κ3) is 2.54. The van der Waals surface area contributed by atoms with E-state index in [0.717, 1.165) is 4.90 Å². The van der Waals surface area contributed by atoms with Crippen molar-refractivity contribution in [2.24, 2.45) is 0 Å². The monoisotopic (exact) mass is 291 g/mol. The molecule has 3 amide bonds. The summed E-state index contributed by atoms with van der Waals surface area (Å²) in [6.45, 7) is 0.362. The van der Waals surface area contributed by atoms with Gasteiger partial charge in [-0.3, -0.25) is 4.79 Å². The van der Waals surface area contributed by atoms with Crippen LogP contribution >= 0.6 is 0 Å². The molecule has 1 fully saturated rings. The van der Waals surface area contributed by atoms with Crippen LogP contribution in [0.15, 0.2) is 60.7 Å². The van der Waals surface area contributed by atoms with E-state index in [4.69, 9.17) is 5.26 Å². The minimum absolute atomic E-state index is 0.362. The fraction of sp³-hybridized carbons (Fsp3) is 0.118. The zero-order valence-corrected chi connectivity index (χ0v) is 11.7. The highest BCUT2D eigenvalue weighted by Crippen LogP contribution is 2.25. The van der Waals surface area contributed by atoms with E-state index in [1.807, 2.05) is 18.2 Å². The molecule has 0 N–H and O–H groups in total. The van der Waals surface area contributed by atoms with Crippen LogP contribution in [0.25, 0.3) is 0 Å². The van der Waals surface area contributed by atoms with E-state index in [1.54, 1.807) is 48.5 Å². The van der Waals surface area contributed by atoms with Gasteiger partial charge in [0.1, 0.15) is 6.04 Å². The first kappa shape index (κ1) is 13.8. The van der Waals surface area contributed by atoms with Crippen molar-refractivity contribution in [2.45, 2.75) is 6.04 Å². The van der Waals surface area contributed by atoms with Crippen LogP contribution in [0.1, 0.15) is 10.4 Å². The molecule has 0 radical (unpaired) electrons. The van der Waals surface area contributed by atoms with Crippen molar-refractivity contribution in [2.75, 3.05) is 11.4 Å². The van der Waals surface area contributed by atoms with Crippen molar-refractivity contribution < 1.29 is 9.59 Å². The Hall–Kier alpha value is -3.13. The second-order valence-corrected chi connectivity index (χ2v) is 4.92. The molecule has 1 aliphatic heterocycles. The lowest BCUT2D eigenvalue weighted by atomic mass is 10.2. The number of para-hydroxylation sites is 1. The van der Waals surface area contributed by atoms with Crippen molar-refractivity contribution in [3.05, 3.63) is 66.2 Å². The number of rotatable bonds is 2. The molecule has 2 aromatic rings. The summed E-state index contributed by atoms with van der Waals surface area (Å²) in [6.07, 6.45) is 0.